The predicted octanol–water partition coefficient (Wildman–Crippen LogP) is 8.93. The van der Waals surface area contributed by atoms with Crippen molar-refractivity contribution in [1.82, 2.24) is 0 Å². The van der Waals surface area contributed by atoms with Crippen LogP contribution < -0.4 is 0 Å². The Bertz CT molecular complexity index is 986. The number of alkyl halides is 1. The number of hydrogen-bond donors (Lipinski definition) is 0. The van der Waals surface area contributed by atoms with Gasteiger partial charge in [0.1, 0.15) is 5.78 Å². The van der Waals surface area contributed by atoms with Crippen molar-refractivity contribution in [3.05, 3.63) is 12.2 Å². The first-order valence-corrected chi connectivity index (χ1v) is 16.8. The number of ketones is 1. The van der Waals surface area contributed by atoms with Crippen LogP contribution in [0.1, 0.15) is 119 Å². The second-order valence-corrected chi connectivity index (χ2v) is 16.3. The van der Waals surface area contributed by atoms with E-state index >= 15 is 0 Å². The Morgan fingerprint density at radius 2 is 1.66 bits per heavy atom. The zero-order valence-electron chi connectivity index (χ0n) is 25.1. The van der Waals surface area contributed by atoms with Gasteiger partial charge in [0.2, 0.25) is 0 Å². The van der Waals surface area contributed by atoms with E-state index in [2.05, 4.69) is 64.1 Å². The zero-order chi connectivity index (χ0) is 27.7. The lowest BCUT2D eigenvalue weighted by molar-refractivity contribution is -0.236. The minimum absolute atomic E-state index is 0.0957. The molecule has 0 aromatic heterocycles. The second kappa shape index (κ2) is 9.73. The Hall–Kier alpha value is -0.640. The van der Waals surface area contributed by atoms with Gasteiger partial charge in [-0.1, -0.05) is 62.7 Å². The van der Waals surface area contributed by atoms with E-state index < -0.39 is 0 Å². The molecule has 214 valence electrons. The summed E-state index contributed by atoms with van der Waals surface area (Å²) in [4.78, 5) is 26.9. The summed E-state index contributed by atoms with van der Waals surface area (Å²) in [6.07, 6.45) is 12.8. The van der Waals surface area contributed by atoms with Gasteiger partial charge < -0.3 is 4.74 Å². The molecule has 0 spiro atoms. The van der Waals surface area contributed by atoms with Gasteiger partial charge in [-0.3, -0.25) is 9.59 Å². The Morgan fingerprint density at radius 3 is 2.34 bits per heavy atom. The maximum atomic E-state index is 13.9. The third kappa shape index (κ3) is 3.83. The number of fused-ring (bicyclic) bond motifs is 7. The Balaban J connectivity index is 1.49. The van der Waals surface area contributed by atoms with Gasteiger partial charge in [-0.15, -0.1) is 0 Å². The summed E-state index contributed by atoms with van der Waals surface area (Å²) in [5.74, 6) is 3.03. The fourth-order valence-corrected chi connectivity index (χ4v) is 12.2. The molecule has 4 heteroatoms. The van der Waals surface area contributed by atoms with Crippen LogP contribution in [-0.2, 0) is 14.3 Å². The molecule has 5 aliphatic carbocycles. The monoisotopic (exact) mass is 588 g/mol. The molecule has 9 atom stereocenters. The number of hydrogen-bond acceptors (Lipinski definition) is 3. The van der Waals surface area contributed by atoms with Crippen LogP contribution in [0.15, 0.2) is 12.2 Å². The van der Waals surface area contributed by atoms with Crippen molar-refractivity contribution in [2.75, 3.05) is 11.9 Å². The van der Waals surface area contributed by atoms with E-state index in [1.807, 2.05) is 0 Å². The van der Waals surface area contributed by atoms with Crippen molar-refractivity contribution >= 4 is 27.7 Å². The van der Waals surface area contributed by atoms with E-state index in [0.717, 1.165) is 56.7 Å². The summed E-state index contributed by atoms with van der Waals surface area (Å²) in [5, 5.41) is 0.960. The quantitative estimate of drug-likeness (QED) is 0.134. The van der Waals surface area contributed by atoms with Crippen LogP contribution in [0.2, 0.25) is 0 Å². The molecule has 0 radical (unpaired) electrons. The van der Waals surface area contributed by atoms with Crippen LogP contribution in [0, 0.1) is 56.7 Å². The molecule has 0 aromatic carbocycles. The first-order chi connectivity index (χ1) is 17.8. The van der Waals surface area contributed by atoms with Crippen LogP contribution in [0.4, 0.5) is 0 Å². The first-order valence-electron chi connectivity index (χ1n) is 15.7. The molecule has 0 N–H and O–H groups in total. The smallest absolute Gasteiger partial charge is 0.312 e. The third-order valence-corrected chi connectivity index (χ3v) is 14.5. The molecule has 3 nitrogen and oxygen atoms in total. The van der Waals surface area contributed by atoms with Crippen LogP contribution in [-0.4, -0.2) is 23.7 Å². The topological polar surface area (TPSA) is 43.4 Å². The second-order valence-electron chi connectivity index (χ2n) is 15.5. The largest absolute Gasteiger partial charge is 0.465 e. The van der Waals surface area contributed by atoms with Crippen molar-refractivity contribution in [3.8, 4) is 0 Å². The van der Waals surface area contributed by atoms with E-state index in [1.54, 1.807) is 0 Å². The van der Waals surface area contributed by atoms with Crippen LogP contribution in [0.3, 0.4) is 0 Å². The Kier molecular flexibility index (Phi) is 7.39. The average molecular weight is 590 g/mol. The molecule has 0 bridgehead atoms. The lowest BCUT2D eigenvalue weighted by atomic mass is 9.32. The fraction of sp³-hybridized carbons (Fsp3) is 0.882. The average Bonchev–Trinajstić information content (AvgIpc) is 3.26. The highest BCUT2D eigenvalue weighted by Crippen LogP contribution is 2.77. The third-order valence-electron chi connectivity index (χ3n) is 14.0. The molecule has 5 rings (SSSR count). The minimum atomic E-state index is -0.328. The molecule has 0 unspecified atom stereocenters. The van der Waals surface area contributed by atoms with Crippen molar-refractivity contribution in [1.29, 1.82) is 0 Å². The van der Waals surface area contributed by atoms with Gasteiger partial charge in [0, 0.05) is 17.2 Å². The molecular weight excluding hydrogens is 536 g/mol. The molecule has 0 amide bonds. The molecule has 0 aliphatic heterocycles. The molecule has 5 aliphatic rings. The number of Topliss-reactive ketones (excluding diaryl/α,β-unsaturated/α-hetero) is 1. The lowest BCUT2D eigenvalue weighted by Gasteiger charge is -2.72. The molecule has 38 heavy (non-hydrogen) atoms. The predicted molar refractivity (Wildman–Crippen MR) is 158 cm³/mol. The van der Waals surface area contributed by atoms with Gasteiger partial charge >= 0.3 is 5.97 Å². The van der Waals surface area contributed by atoms with Crippen LogP contribution in [0.5, 0.6) is 0 Å². The maximum Gasteiger partial charge on any atom is 0.312 e. The van der Waals surface area contributed by atoms with Crippen LogP contribution in [0.25, 0.3) is 0 Å². The highest BCUT2D eigenvalue weighted by molar-refractivity contribution is 9.09. The number of halogens is 1. The van der Waals surface area contributed by atoms with E-state index in [-0.39, 0.29) is 33.0 Å². The Morgan fingerprint density at radius 1 is 0.921 bits per heavy atom. The molecule has 5 fully saturated rings. The zero-order valence-corrected chi connectivity index (χ0v) is 26.7. The summed E-state index contributed by atoms with van der Waals surface area (Å²) in [6.45, 7) is 19.5. The number of esters is 1. The lowest BCUT2D eigenvalue weighted by Crippen LogP contribution is -2.66. The molecular formula is C34H53BrO3. The van der Waals surface area contributed by atoms with Gasteiger partial charge in [-0.25, -0.2) is 0 Å². The number of allylic oxidation sites excluding steroid dienone is 1. The van der Waals surface area contributed by atoms with E-state index in [9.17, 15) is 9.59 Å². The number of ether oxygens (including phenoxy) is 1. The van der Waals surface area contributed by atoms with Crippen molar-refractivity contribution in [2.24, 2.45) is 56.7 Å². The first kappa shape index (κ1) is 28.9. The number of carbonyl (C=O) groups excluding carboxylic acids is 2. The van der Waals surface area contributed by atoms with E-state index in [0.29, 0.717) is 42.0 Å². The molecule has 0 heterocycles. The van der Waals surface area contributed by atoms with Crippen molar-refractivity contribution < 1.29 is 14.3 Å². The Labute approximate surface area is 240 Å². The van der Waals surface area contributed by atoms with Crippen molar-refractivity contribution in [3.63, 3.8) is 0 Å². The van der Waals surface area contributed by atoms with E-state index in [4.69, 9.17) is 4.74 Å². The minimum Gasteiger partial charge on any atom is -0.465 e. The highest BCUT2D eigenvalue weighted by atomic mass is 79.9. The van der Waals surface area contributed by atoms with Gasteiger partial charge in [0.25, 0.3) is 0 Å². The summed E-state index contributed by atoms with van der Waals surface area (Å²) < 4.78 is 6.06. The molecule has 5 saturated carbocycles. The SMILES string of the molecule is C=C(C)[C@@H]1CC[C@]2(C(=O)OCCCCBr)CC[C@]3(C)[C@H](CC[C@@H]4[C@@]5(C)CCC(=O)C(C)(C)[C@@H]5CC[C@]43C)[C@@H]12. The van der Waals surface area contributed by atoms with Gasteiger partial charge in [0.05, 0.1) is 12.0 Å². The molecule has 0 saturated heterocycles. The standard InChI is InChI=1S/C34H53BrO3/c1-22(2)23-12-17-34(29(37)38-21-9-8-20-35)19-18-32(6)24(28(23)34)10-11-26-31(5)15-14-27(36)30(3,4)25(31)13-16-33(26,32)7/h23-26,28H,1,8-21H2,2-7H3/t23-,24+,25-,26+,28+,31-,32+,33+,34-/m0/s1. The van der Waals surface area contributed by atoms with Gasteiger partial charge in [0.15, 0.2) is 0 Å². The van der Waals surface area contributed by atoms with E-state index in [1.165, 1.54) is 31.3 Å². The number of carbonyl (C=O) groups is 2. The van der Waals surface area contributed by atoms with Crippen molar-refractivity contribution in [2.45, 2.75) is 119 Å². The van der Waals surface area contributed by atoms with Gasteiger partial charge in [-0.05, 0) is 123 Å². The summed E-state index contributed by atoms with van der Waals surface area (Å²) >= 11 is 3.50. The highest BCUT2D eigenvalue weighted by Gasteiger charge is 2.72. The van der Waals surface area contributed by atoms with Crippen LogP contribution >= 0.6 is 15.9 Å². The fourth-order valence-electron chi connectivity index (χ4n) is 11.8. The summed E-state index contributed by atoms with van der Waals surface area (Å²) in [5.41, 5.74) is 1.41. The maximum absolute atomic E-state index is 13.9. The number of rotatable bonds is 6. The summed E-state index contributed by atoms with van der Waals surface area (Å²) in [7, 11) is 0. The van der Waals surface area contributed by atoms with Gasteiger partial charge in [-0.2, -0.15) is 0 Å². The number of unbranched alkanes of at least 4 members (excludes halogenated alkanes) is 1. The molecule has 0 aromatic rings. The summed E-state index contributed by atoms with van der Waals surface area (Å²) in [6, 6.07) is 0. The normalized spacial score (nSPS) is 47.3.